The maximum atomic E-state index is 12.5. The number of nitrogens with one attached hydrogen (secondary N) is 1. The Hall–Kier alpha value is -2.17. The Kier molecular flexibility index (Phi) is 5.74. The summed E-state index contributed by atoms with van der Waals surface area (Å²) in [4.78, 5) is 38.8. The minimum atomic E-state index is -0.146. The molecule has 1 saturated carbocycles. The van der Waals surface area contributed by atoms with E-state index in [0.29, 0.717) is 0 Å². The number of benzene rings is 1. The van der Waals surface area contributed by atoms with Gasteiger partial charge in [-0.1, -0.05) is 44.9 Å². The molecule has 0 bridgehead atoms. The third-order valence-corrected chi connectivity index (χ3v) is 5.76. The van der Waals surface area contributed by atoms with E-state index in [0.717, 1.165) is 55.3 Å². The topological polar surface area (TPSA) is 66.5 Å². The molecule has 2 fully saturated rings. The Morgan fingerprint density at radius 1 is 1.04 bits per heavy atom. The molecule has 1 aromatic carbocycles. The summed E-state index contributed by atoms with van der Waals surface area (Å²) in [5.74, 6) is -0.582. The van der Waals surface area contributed by atoms with Gasteiger partial charge in [-0.2, -0.15) is 0 Å². The van der Waals surface area contributed by atoms with E-state index in [-0.39, 0.29) is 42.5 Å². The molecule has 0 aromatic heterocycles. The highest BCUT2D eigenvalue weighted by Gasteiger charge is 2.47. The van der Waals surface area contributed by atoms with Crippen molar-refractivity contribution in [2.45, 2.75) is 58.8 Å². The van der Waals surface area contributed by atoms with Crippen molar-refractivity contribution in [3.05, 3.63) is 29.3 Å². The maximum absolute atomic E-state index is 12.5. The summed E-state index contributed by atoms with van der Waals surface area (Å²) in [7, 11) is 0. The monoisotopic (exact) mass is 356 g/mol. The second kappa shape index (κ2) is 8.02. The molecule has 140 valence electrons. The van der Waals surface area contributed by atoms with Crippen molar-refractivity contribution >= 4 is 23.4 Å². The van der Waals surface area contributed by atoms with E-state index in [9.17, 15) is 14.4 Å². The number of imide groups is 1. The van der Waals surface area contributed by atoms with Crippen LogP contribution in [0.4, 0.5) is 5.69 Å². The van der Waals surface area contributed by atoms with Crippen LogP contribution in [-0.4, -0.2) is 29.2 Å². The first kappa shape index (κ1) is 18.6. The van der Waals surface area contributed by atoms with E-state index < -0.39 is 0 Å². The number of anilines is 1. The molecule has 1 heterocycles. The van der Waals surface area contributed by atoms with E-state index in [1.165, 1.54) is 4.90 Å². The fourth-order valence-corrected chi connectivity index (χ4v) is 4.27. The van der Waals surface area contributed by atoms with Crippen LogP contribution in [0.1, 0.15) is 57.1 Å². The summed E-state index contributed by atoms with van der Waals surface area (Å²) in [5.41, 5.74) is 3.10. The first-order valence-electron chi connectivity index (χ1n) is 9.82. The van der Waals surface area contributed by atoms with E-state index >= 15 is 0 Å². The van der Waals surface area contributed by atoms with Crippen molar-refractivity contribution in [1.29, 1.82) is 0 Å². The number of rotatable bonds is 6. The van der Waals surface area contributed by atoms with Gasteiger partial charge in [-0.05, 0) is 36.8 Å². The molecule has 5 heteroatoms. The number of para-hydroxylation sites is 1. The summed E-state index contributed by atoms with van der Waals surface area (Å²) in [5, 5.41) is 3.01. The Balaban J connectivity index is 1.63. The van der Waals surface area contributed by atoms with Crippen LogP contribution in [0.5, 0.6) is 0 Å². The van der Waals surface area contributed by atoms with Crippen molar-refractivity contribution in [2.75, 3.05) is 11.9 Å². The first-order chi connectivity index (χ1) is 12.6. The molecule has 0 spiro atoms. The highest BCUT2D eigenvalue weighted by Crippen LogP contribution is 2.38. The minimum absolute atomic E-state index is 0.0734. The molecule has 1 saturated heterocycles. The van der Waals surface area contributed by atoms with Gasteiger partial charge in [0.15, 0.2) is 0 Å². The van der Waals surface area contributed by atoms with Gasteiger partial charge < -0.3 is 5.32 Å². The molecule has 2 atom stereocenters. The highest BCUT2D eigenvalue weighted by atomic mass is 16.2. The molecular formula is C21H28N2O3. The summed E-state index contributed by atoms with van der Waals surface area (Å²) >= 11 is 0. The molecule has 3 amide bonds. The number of carbonyl (C=O) groups is 3. The average molecular weight is 356 g/mol. The summed E-state index contributed by atoms with van der Waals surface area (Å²) in [6, 6.07) is 6.05. The fourth-order valence-electron chi connectivity index (χ4n) is 4.27. The van der Waals surface area contributed by atoms with Gasteiger partial charge >= 0.3 is 0 Å². The number of hydrogen-bond acceptors (Lipinski definition) is 3. The molecule has 0 radical (unpaired) electrons. The van der Waals surface area contributed by atoms with Crippen LogP contribution < -0.4 is 5.32 Å². The second-order valence-electron chi connectivity index (χ2n) is 7.28. The third-order valence-electron chi connectivity index (χ3n) is 5.76. The normalized spacial score (nSPS) is 22.5. The molecule has 1 N–H and O–H groups in total. The third kappa shape index (κ3) is 3.53. The second-order valence-corrected chi connectivity index (χ2v) is 7.28. The summed E-state index contributed by atoms with van der Waals surface area (Å²) < 4.78 is 0. The van der Waals surface area contributed by atoms with E-state index in [1.54, 1.807) is 0 Å². The van der Waals surface area contributed by atoms with Crippen LogP contribution in [0.2, 0.25) is 0 Å². The molecule has 1 aliphatic carbocycles. The lowest BCUT2D eigenvalue weighted by atomic mass is 9.81. The van der Waals surface area contributed by atoms with Gasteiger partial charge in [-0.15, -0.1) is 0 Å². The lowest BCUT2D eigenvalue weighted by Gasteiger charge is -2.19. The Labute approximate surface area is 155 Å². The van der Waals surface area contributed by atoms with Gasteiger partial charge in [0, 0.05) is 18.7 Å². The molecule has 5 nitrogen and oxygen atoms in total. The zero-order valence-corrected chi connectivity index (χ0v) is 15.7. The highest BCUT2D eigenvalue weighted by molar-refractivity contribution is 6.05. The van der Waals surface area contributed by atoms with E-state index in [4.69, 9.17) is 0 Å². The number of amides is 3. The zero-order valence-electron chi connectivity index (χ0n) is 15.7. The zero-order chi connectivity index (χ0) is 18.7. The smallest absolute Gasteiger partial charge is 0.233 e. The summed E-state index contributed by atoms with van der Waals surface area (Å²) in [6.45, 7) is 4.31. The average Bonchev–Trinajstić information content (AvgIpc) is 2.91. The largest absolute Gasteiger partial charge is 0.326 e. The van der Waals surface area contributed by atoms with Gasteiger partial charge in [-0.3, -0.25) is 19.3 Å². The molecule has 1 aromatic rings. The van der Waals surface area contributed by atoms with E-state index in [1.807, 2.05) is 18.2 Å². The Morgan fingerprint density at radius 3 is 2.08 bits per heavy atom. The summed E-state index contributed by atoms with van der Waals surface area (Å²) in [6.07, 6.45) is 5.48. The van der Waals surface area contributed by atoms with Crippen molar-refractivity contribution in [2.24, 2.45) is 11.8 Å². The van der Waals surface area contributed by atoms with Crippen LogP contribution in [0.15, 0.2) is 18.2 Å². The lowest BCUT2D eigenvalue weighted by Crippen LogP contribution is -2.34. The number of carbonyl (C=O) groups excluding carboxylic acids is 3. The van der Waals surface area contributed by atoms with Gasteiger partial charge in [0.1, 0.15) is 0 Å². The standard InChI is InChI=1S/C21H28N2O3/c1-3-14-8-7-9-15(4-2)19(14)22-18(24)12-13-23-20(25)16-10-5-6-11-17(16)21(23)26/h7-9,16-17H,3-6,10-13H2,1-2H3,(H,22,24)/t16-,17-/m1/s1. The van der Waals surface area contributed by atoms with Crippen LogP contribution >= 0.6 is 0 Å². The van der Waals surface area contributed by atoms with Crippen LogP contribution in [0.25, 0.3) is 0 Å². The van der Waals surface area contributed by atoms with Gasteiger partial charge in [0.05, 0.1) is 11.8 Å². The number of hydrogen-bond donors (Lipinski definition) is 1. The predicted molar refractivity (Wildman–Crippen MR) is 101 cm³/mol. The van der Waals surface area contributed by atoms with Gasteiger partial charge in [0.25, 0.3) is 0 Å². The SMILES string of the molecule is CCc1cccc(CC)c1NC(=O)CCN1C(=O)[C@@H]2CCCC[C@H]2C1=O. The quantitative estimate of drug-likeness (QED) is 0.795. The van der Waals surface area contributed by atoms with Crippen molar-refractivity contribution < 1.29 is 14.4 Å². The molecule has 2 aliphatic rings. The molecule has 3 rings (SSSR count). The minimum Gasteiger partial charge on any atom is -0.326 e. The van der Waals surface area contributed by atoms with Crippen LogP contribution in [0, 0.1) is 11.8 Å². The molecule has 1 aliphatic heterocycles. The van der Waals surface area contributed by atoms with Crippen LogP contribution in [-0.2, 0) is 27.2 Å². The molecule has 0 unspecified atom stereocenters. The van der Waals surface area contributed by atoms with Crippen LogP contribution in [0.3, 0.4) is 0 Å². The number of likely N-dealkylation sites (tertiary alicyclic amines) is 1. The lowest BCUT2D eigenvalue weighted by molar-refractivity contribution is -0.140. The van der Waals surface area contributed by atoms with Gasteiger partial charge in [-0.25, -0.2) is 0 Å². The van der Waals surface area contributed by atoms with Crippen molar-refractivity contribution in [1.82, 2.24) is 4.90 Å². The van der Waals surface area contributed by atoms with E-state index in [2.05, 4.69) is 19.2 Å². The van der Waals surface area contributed by atoms with Gasteiger partial charge in [0.2, 0.25) is 17.7 Å². The van der Waals surface area contributed by atoms with Crippen molar-refractivity contribution in [3.63, 3.8) is 0 Å². The first-order valence-corrected chi connectivity index (χ1v) is 9.82. The Morgan fingerprint density at radius 2 is 1.58 bits per heavy atom. The molecule has 26 heavy (non-hydrogen) atoms. The number of fused-ring (bicyclic) bond motifs is 1. The predicted octanol–water partition coefficient (Wildman–Crippen LogP) is 3.32. The fraction of sp³-hybridized carbons (Fsp3) is 0.571. The maximum Gasteiger partial charge on any atom is 0.233 e. The molecular weight excluding hydrogens is 328 g/mol. The number of nitrogens with zero attached hydrogens (tertiary/aromatic N) is 1. The Bertz CT molecular complexity index is 667. The van der Waals surface area contributed by atoms with Crippen molar-refractivity contribution in [3.8, 4) is 0 Å². The number of aryl methyl sites for hydroxylation is 2.